The molecule has 0 aliphatic carbocycles. The molecule has 7 heteroatoms. The van der Waals surface area contributed by atoms with Crippen molar-refractivity contribution in [3.63, 3.8) is 0 Å². The molecule has 0 fully saturated rings. The largest absolute Gasteiger partial charge is 0.383 e. The van der Waals surface area contributed by atoms with Crippen LogP contribution in [0.25, 0.3) is 10.2 Å². The molecule has 0 unspecified atom stereocenters. The maximum Gasteiger partial charge on any atom is 0.262 e. The van der Waals surface area contributed by atoms with E-state index in [1.54, 1.807) is 7.05 Å². The van der Waals surface area contributed by atoms with Crippen LogP contribution in [0.5, 0.6) is 0 Å². The Bertz CT molecular complexity index is 727. The van der Waals surface area contributed by atoms with Crippen LogP contribution in [0, 0.1) is 0 Å². The highest BCUT2D eigenvalue weighted by Crippen LogP contribution is 2.26. The standard InChI is InChI=1S/C12H11N5OS/c1-17-10(13)7(6-14-17)11(18)16-12-15-8-4-2-3-5-9(8)19-12/h2-6H,13H2,1H3,(H,15,16,18). The van der Waals surface area contributed by atoms with E-state index in [-0.39, 0.29) is 5.91 Å². The number of carbonyl (C=O) groups is 1. The predicted octanol–water partition coefficient (Wildman–Crippen LogP) is 1.86. The van der Waals surface area contributed by atoms with Gasteiger partial charge in [0.15, 0.2) is 5.13 Å². The van der Waals surface area contributed by atoms with Gasteiger partial charge in [0.1, 0.15) is 11.4 Å². The molecule has 2 heterocycles. The number of hydrogen-bond donors (Lipinski definition) is 2. The average molecular weight is 273 g/mol. The molecule has 1 amide bonds. The van der Waals surface area contributed by atoms with Gasteiger partial charge in [-0.3, -0.25) is 14.8 Å². The van der Waals surface area contributed by atoms with E-state index in [4.69, 9.17) is 5.73 Å². The third-order valence-electron chi connectivity index (χ3n) is 2.74. The number of nitrogens with zero attached hydrogens (tertiary/aromatic N) is 3. The van der Waals surface area contributed by atoms with Crippen molar-refractivity contribution in [2.24, 2.45) is 7.05 Å². The molecule has 0 radical (unpaired) electrons. The number of para-hydroxylation sites is 1. The van der Waals surface area contributed by atoms with E-state index in [2.05, 4.69) is 15.4 Å². The summed E-state index contributed by atoms with van der Waals surface area (Å²) >= 11 is 1.42. The van der Waals surface area contributed by atoms with Crippen LogP contribution in [0.4, 0.5) is 10.9 Å². The zero-order chi connectivity index (χ0) is 13.4. The summed E-state index contributed by atoms with van der Waals surface area (Å²) in [5.74, 6) is 0.0308. The molecule has 19 heavy (non-hydrogen) atoms. The number of benzene rings is 1. The summed E-state index contributed by atoms with van der Waals surface area (Å²) in [5, 5.41) is 7.22. The van der Waals surface area contributed by atoms with E-state index in [0.29, 0.717) is 16.5 Å². The van der Waals surface area contributed by atoms with E-state index in [1.807, 2.05) is 24.3 Å². The van der Waals surface area contributed by atoms with Crippen LogP contribution in [0.1, 0.15) is 10.4 Å². The van der Waals surface area contributed by atoms with Crippen LogP contribution in [0.15, 0.2) is 30.5 Å². The molecule has 3 aromatic rings. The van der Waals surface area contributed by atoms with Crippen LogP contribution in [0.3, 0.4) is 0 Å². The van der Waals surface area contributed by atoms with Gasteiger partial charge in [-0.15, -0.1) is 0 Å². The first kappa shape index (κ1) is 11.7. The molecule has 2 aromatic heterocycles. The number of nitrogens with two attached hydrogens (primary N) is 1. The Kier molecular flexibility index (Phi) is 2.68. The van der Waals surface area contributed by atoms with Crippen molar-refractivity contribution in [3.8, 4) is 0 Å². The van der Waals surface area contributed by atoms with Gasteiger partial charge < -0.3 is 5.73 Å². The number of aromatic nitrogens is 3. The number of fused-ring (bicyclic) bond motifs is 1. The predicted molar refractivity (Wildman–Crippen MR) is 75.2 cm³/mol. The Hall–Kier alpha value is -2.41. The molecule has 0 aliphatic rings. The fraction of sp³-hybridized carbons (Fsp3) is 0.0833. The summed E-state index contributed by atoms with van der Waals surface area (Å²) in [6.07, 6.45) is 1.44. The first-order valence-electron chi connectivity index (χ1n) is 5.59. The van der Waals surface area contributed by atoms with Gasteiger partial charge in [0.2, 0.25) is 0 Å². The third kappa shape index (κ3) is 2.04. The van der Waals surface area contributed by atoms with Crippen molar-refractivity contribution in [1.29, 1.82) is 0 Å². The molecular weight excluding hydrogens is 262 g/mol. The number of nitrogens with one attached hydrogen (secondary N) is 1. The Balaban J connectivity index is 1.88. The molecule has 3 rings (SSSR count). The summed E-state index contributed by atoms with van der Waals surface area (Å²) in [4.78, 5) is 16.4. The van der Waals surface area contributed by atoms with E-state index in [9.17, 15) is 4.79 Å². The number of amides is 1. The van der Waals surface area contributed by atoms with Crippen LogP contribution in [-0.2, 0) is 7.05 Å². The third-order valence-corrected chi connectivity index (χ3v) is 3.70. The highest BCUT2D eigenvalue weighted by molar-refractivity contribution is 7.22. The van der Waals surface area contributed by atoms with Crippen molar-refractivity contribution in [2.75, 3.05) is 11.1 Å². The number of aryl methyl sites for hydroxylation is 1. The smallest absolute Gasteiger partial charge is 0.262 e. The highest BCUT2D eigenvalue weighted by Gasteiger charge is 2.15. The monoisotopic (exact) mass is 273 g/mol. The molecule has 6 nitrogen and oxygen atoms in total. The summed E-state index contributed by atoms with van der Waals surface area (Å²) in [7, 11) is 1.68. The van der Waals surface area contributed by atoms with Gasteiger partial charge in [-0.1, -0.05) is 23.5 Å². The number of nitrogen functional groups attached to an aromatic ring is 1. The minimum absolute atomic E-state index is 0.301. The van der Waals surface area contributed by atoms with Crippen molar-refractivity contribution in [3.05, 3.63) is 36.0 Å². The second-order valence-corrected chi connectivity index (χ2v) is 5.04. The molecule has 0 saturated heterocycles. The number of hydrogen-bond acceptors (Lipinski definition) is 5. The topological polar surface area (TPSA) is 85.8 Å². The van der Waals surface area contributed by atoms with Gasteiger partial charge in [0, 0.05) is 7.05 Å². The van der Waals surface area contributed by atoms with Crippen LogP contribution in [0.2, 0.25) is 0 Å². The molecule has 96 valence electrons. The Morgan fingerprint density at radius 3 is 2.89 bits per heavy atom. The highest BCUT2D eigenvalue weighted by atomic mass is 32.1. The minimum Gasteiger partial charge on any atom is -0.383 e. The number of thiazole rings is 1. The van der Waals surface area contributed by atoms with E-state index in [0.717, 1.165) is 10.2 Å². The number of carbonyl (C=O) groups excluding carboxylic acids is 1. The Morgan fingerprint density at radius 1 is 1.42 bits per heavy atom. The minimum atomic E-state index is -0.301. The van der Waals surface area contributed by atoms with Gasteiger partial charge in [-0.25, -0.2) is 4.98 Å². The average Bonchev–Trinajstić information content (AvgIpc) is 2.93. The Labute approximate surface area is 112 Å². The van der Waals surface area contributed by atoms with Crippen LogP contribution < -0.4 is 11.1 Å². The molecule has 0 aliphatic heterocycles. The van der Waals surface area contributed by atoms with Crippen molar-refractivity contribution in [1.82, 2.24) is 14.8 Å². The van der Waals surface area contributed by atoms with Gasteiger partial charge in [0.05, 0.1) is 16.4 Å². The SMILES string of the molecule is Cn1ncc(C(=O)Nc2nc3ccccc3s2)c1N. The quantitative estimate of drug-likeness (QED) is 0.746. The van der Waals surface area contributed by atoms with Crippen LogP contribution >= 0.6 is 11.3 Å². The molecule has 0 atom stereocenters. The summed E-state index contributed by atoms with van der Waals surface area (Å²) in [5.41, 5.74) is 6.97. The van der Waals surface area contributed by atoms with Gasteiger partial charge in [-0.2, -0.15) is 5.10 Å². The number of anilines is 2. The molecule has 0 spiro atoms. The first-order chi connectivity index (χ1) is 9.15. The second kappa shape index (κ2) is 4.36. The van der Waals surface area contributed by atoms with Gasteiger partial charge in [-0.05, 0) is 12.1 Å². The lowest BCUT2D eigenvalue weighted by atomic mass is 10.3. The Morgan fingerprint density at radius 2 is 2.21 bits per heavy atom. The molecular formula is C12H11N5OS. The first-order valence-corrected chi connectivity index (χ1v) is 6.41. The van der Waals surface area contributed by atoms with Crippen molar-refractivity contribution in [2.45, 2.75) is 0 Å². The maximum absolute atomic E-state index is 12.0. The molecule has 0 bridgehead atoms. The molecule has 0 saturated carbocycles. The lowest BCUT2D eigenvalue weighted by Gasteiger charge is -2.00. The summed E-state index contributed by atoms with van der Waals surface area (Å²) in [6.45, 7) is 0. The normalized spacial score (nSPS) is 10.8. The van der Waals surface area contributed by atoms with E-state index in [1.165, 1.54) is 22.2 Å². The molecule has 1 aromatic carbocycles. The zero-order valence-electron chi connectivity index (χ0n) is 10.1. The fourth-order valence-electron chi connectivity index (χ4n) is 1.71. The van der Waals surface area contributed by atoms with E-state index >= 15 is 0 Å². The summed E-state index contributed by atoms with van der Waals surface area (Å²) < 4.78 is 2.48. The lowest BCUT2D eigenvalue weighted by Crippen LogP contribution is -2.13. The van der Waals surface area contributed by atoms with Crippen molar-refractivity contribution < 1.29 is 4.79 Å². The van der Waals surface area contributed by atoms with E-state index < -0.39 is 0 Å². The lowest BCUT2D eigenvalue weighted by molar-refractivity contribution is 0.102. The summed E-state index contributed by atoms with van der Waals surface area (Å²) in [6, 6.07) is 7.71. The van der Waals surface area contributed by atoms with Gasteiger partial charge >= 0.3 is 0 Å². The second-order valence-electron chi connectivity index (χ2n) is 4.01. The fourth-order valence-corrected chi connectivity index (χ4v) is 2.57. The van der Waals surface area contributed by atoms with Crippen molar-refractivity contribution >= 4 is 38.4 Å². The maximum atomic E-state index is 12.0. The van der Waals surface area contributed by atoms with Crippen LogP contribution in [-0.4, -0.2) is 20.7 Å². The number of rotatable bonds is 2. The zero-order valence-corrected chi connectivity index (χ0v) is 10.9. The molecule has 3 N–H and O–H groups in total. The van der Waals surface area contributed by atoms with Gasteiger partial charge in [0.25, 0.3) is 5.91 Å².